The van der Waals surface area contributed by atoms with E-state index >= 15 is 0 Å². The number of nitrogens with zero attached hydrogens (tertiary/aromatic N) is 6. The van der Waals surface area contributed by atoms with Gasteiger partial charge < -0.3 is 9.64 Å². The Bertz CT molecular complexity index is 943. The topological polar surface area (TPSA) is 68.4 Å². The van der Waals surface area contributed by atoms with Crippen molar-refractivity contribution < 1.29 is 4.74 Å². The van der Waals surface area contributed by atoms with E-state index in [0.717, 1.165) is 61.3 Å². The molecular weight excluding hydrogens is 340 g/mol. The van der Waals surface area contributed by atoms with Crippen molar-refractivity contribution >= 4 is 11.5 Å². The zero-order valence-electron chi connectivity index (χ0n) is 15.6. The SMILES string of the molecule is Cc1cc(N2CCC(COc3cc(C4CC4)ncn3)CC2)n2nccc2n1. The minimum Gasteiger partial charge on any atom is -0.477 e. The number of anilines is 1. The van der Waals surface area contributed by atoms with Gasteiger partial charge in [-0.3, -0.25) is 0 Å². The van der Waals surface area contributed by atoms with E-state index in [9.17, 15) is 0 Å². The fourth-order valence-corrected chi connectivity index (χ4v) is 3.81. The van der Waals surface area contributed by atoms with Crippen LogP contribution in [-0.2, 0) is 0 Å². The van der Waals surface area contributed by atoms with Gasteiger partial charge in [0.2, 0.25) is 5.88 Å². The van der Waals surface area contributed by atoms with Crippen LogP contribution in [0, 0.1) is 12.8 Å². The molecule has 3 aromatic rings. The van der Waals surface area contributed by atoms with Gasteiger partial charge >= 0.3 is 0 Å². The molecule has 1 aliphatic carbocycles. The number of piperidine rings is 1. The van der Waals surface area contributed by atoms with Gasteiger partial charge in [-0.1, -0.05) is 0 Å². The molecule has 5 rings (SSSR count). The monoisotopic (exact) mass is 364 g/mol. The van der Waals surface area contributed by atoms with Gasteiger partial charge in [0, 0.05) is 42.9 Å². The summed E-state index contributed by atoms with van der Waals surface area (Å²) in [5, 5.41) is 4.43. The predicted molar refractivity (Wildman–Crippen MR) is 102 cm³/mol. The number of ether oxygens (including phenoxy) is 1. The normalized spacial score (nSPS) is 18.2. The van der Waals surface area contributed by atoms with Crippen molar-refractivity contribution in [2.75, 3.05) is 24.6 Å². The van der Waals surface area contributed by atoms with Gasteiger partial charge in [-0.25, -0.2) is 15.0 Å². The Morgan fingerprint density at radius 3 is 2.78 bits per heavy atom. The molecule has 7 nitrogen and oxygen atoms in total. The molecule has 0 aromatic carbocycles. The molecule has 1 aliphatic heterocycles. The smallest absolute Gasteiger partial charge is 0.216 e. The zero-order valence-corrected chi connectivity index (χ0v) is 15.6. The van der Waals surface area contributed by atoms with E-state index in [0.29, 0.717) is 11.8 Å². The van der Waals surface area contributed by atoms with Crippen molar-refractivity contribution in [2.24, 2.45) is 5.92 Å². The highest BCUT2D eigenvalue weighted by atomic mass is 16.5. The zero-order chi connectivity index (χ0) is 18.2. The molecule has 4 heterocycles. The first-order valence-corrected chi connectivity index (χ1v) is 9.77. The summed E-state index contributed by atoms with van der Waals surface area (Å²) in [6.07, 6.45) is 8.13. The summed E-state index contributed by atoms with van der Waals surface area (Å²) in [6.45, 7) is 4.77. The summed E-state index contributed by atoms with van der Waals surface area (Å²) in [5.74, 6) is 3.03. The van der Waals surface area contributed by atoms with Crippen LogP contribution in [0.15, 0.2) is 30.7 Å². The molecule has 27 heavy (non-hydrogen) atoms. The summed E-state index contributed by atoms with van der Waals surface area (Å²) in [5.41, 5.74) is 3.07. The Balaban J connectivity index is 1.20. The molecule has 3 aromatic heterocycles. The lowest BCUT2D eigenvalue weighted by atomic mass is 9.98. The second-order valence-electron chi connectivity index (χ2n) is 7.65. The van der Waals surface area contributed by atoms with Gasteiger partial charge in [-0.05, 0) is 38.5 Å². The van der Waals surface area contributed by atoms with Gasteiger partial charge in [-0.15, -0.1) is 0 Å². The molecule has 0 unspecified atom stereocenters. The molecule has 0 radical (unpaired) electrons. The fraction of sp³-hybridized carbons (Fsp3) is 0.500. The van der Waals surface area contributed by atoms with E-state index in [1.807, 2.05) is 29.8 Å². The maximum atomic E-state index is 5.98. The van der Waals surface area contributed by atoms with E-state index in [2.05, 4.69) is 31.0 Å². The van der Waals surface area contributed by atoms with Gasteiger partial charge in [-0.2, -0.15) is 9.61 Å². The van der Waals surface area contributed by atoms with E-state index in [4.69, 9.17) is 4.74 Å². The third-order valence-corrected chi connectivity index (χ3v) is 5.53. The Hall–Kier alpha value is -2.70. The molecule has 1 saturated heterocycles. The molecule has 1 saturated carbocycles. The number of hydrogen-bond donors (Lipinski definition) is 0. The third-order valence-electron chi connectivity index (χ3n) is 5.53. The Labute approximate surface area is 158 Å². The second-order valence-corrected chi connectivity index (χ2v) is 7.65. The maximum Gasteiger partial charge on any atom is 0.216 e. The quantitative estimate of drug-likeness (QED) is 0.693. The molecule has 2 fully saturated rings. The lowest BCUT2D eigenvalue weighted by Gasteiger charge is -2.33. The van der Waals surface area contributed by atoms with E-state index in [-0.39, 0.29) is 0 Å². The molecule has 0 N–H and O–H groups in total. The van der Waals surface area contributed by atoms with Crippen molar-refractivity contribution in [3.8, 4) is 5.88 Å². The van der Waals surface area contributed by atoms with Crippen LogP contribution in [0.3, 0.4) is 0 Å². The largest absolute Gasteiger partial charge is 0.477 e. The van der Waals surface area contributed by atoms with Crippen LogP contribution in [0.1, 0.15) is 43.0 Å². The highest BCUT2D eigenvalue weighted by Gasteiger charge is 2.26. The molecule has 0 bridgehead atoms. The van der Waals surface area contributed by atoms with Gasteiger partial charge in [0.1, 0.15) is 12.1 Å². The second kappa shape index (κ2) is 6.79. The van der Waals surface area contributed by atoms with Crippen LogP contribution >= 0.6 is 0 Å². The molecule has 7 heteroatoms. The van der Waals surface area contributed by atoms with Crippen LogP contribution in [0.2, 0.25) is 0 Å². The predicted octanol–water partition coefficient (Wildman–Crippen LogP) is 3.00. The first kappa shape index (κ1) is 16.5. The summed E-state index contributed by atoms with van der Waals surface area (Å²) < 4.78 is 7.92. The highest BCUT2D eigenvalue weighted by Crippen LogP contribution is 2.39. The lowest BCUT2D eigenvalue weighted by Crippen LogP contribution is -2.36. The number of rotatable bonds is 5. The van der Waals surface area contributed by atoms with Crippen molar-refractivity contribution in [2.45, 2.75) is 38.5 Å². The van der Waals surface area contributed by atoms with Crippen molar-refractivity contribution in [3.05, 3.63) is 42.1 Å². The lowest BCUT2D eigenvalue weighted by molar-refractivity contribution is 0.215. The average Bonchev–Trinajstić information content (AvgIpc) is 3.45. The van der Waals surface area contributed by atoms with Gasteiger partial charge in [0.15, 0.2) is 5.65 Å². The van der Waals surface area contributed by atoms with E-state index in [1.165, 1.54) is 12.8 Å². The Morgan fingerprint density at radius 1 is 1.11 bits per heavy atom. The minimum atomic E-state index is 0.552. The number of aryl methyl sites for hydroxylation is 1. The summed E-state index contributed by atoms with van der Waals surface area (Å²) in [4.78, 5) is 15.6. The summed E-state index contributed by atoms with van der Waals surface area (Å²) in [7, 11) is 0. The molecule has 0 spiro atoms. The standard InChI is InChI=1S/C20H24N6O/c1-14-10-20(26-18(24-14)4-7-23-26)25-8-5-15(6-9-25)12-27-19-11-17(16-2-3-16)21-13-22-19/h4,7,10-11,13,15-16H,2-3,5-6,8-9,12H2,1H3. The van der Waals surface area contributed by atoms with Gasteiger partial charge in [0.25, 0.3) is 0 Å². The van der Waals surface area contributed by atoms with Crippen LogP contribution in [0.5, 0.6) is 5.88 Å². The van der Waals surface area contributed by atoms with E-state index in [1.54, 1.807) is 6.33 Å². The number of hydrogen-bond acceptors (Lipinski definition) is 6. The molecule has 140 valence electrons. The molecule has 0 amide bonds. The van der Waals surface area contributed by atoms with Crippen LogP contribution in [0.25, 0.3) is 5.65 Å². The van der Waals surface area contributed by atoms with Crippen LogP contribution in [0.4, 0.5) is 5.82 Å². The summed E-state index contributed by atoms with van der Waals surface area (Å²) >= 11 is 0. The molecule has 2 aliphatic rings. The van der Waals surface area contributed by atoms with Crippen LogP contribution < -0.4 is 9.64 Å². The molecule has 0 atom stereocenters. The van der Waals surface area contributed by atoms with Crippen molar-refractivity contribution in [1.29, 1.82) is 0 Å². The number of aromatic nitrogens is 5. The van der Waals surface area contributed by atoms with Crippen molar-refractivity contribution in [1.82, 2.24) is 24.6 Å². The van der Waals surface area contributed by atoms with Crippen molar-refractivity contribution in [3.63, 3.8) is 0 Å². The minimum absolute atomic E-state index is 0.552. The maximum absolute atomic E-state index is 5.98. The first-order chi connectivity index (χ1) is 13.3. The highest BCUT2D eigenvalue weighted by molar-refractivity contribution is 5.50. The Morgan fingerprint density at radius 2 is 1.96 bits per heavy atom. The fourth-order valence-electron chi connectivity index (χ4n) is 3.81. The Kier molecular flexibility index (Phi) is 4.14. The first-order valence-electron chi connectivity index (χ1n) is 9.77. The number of fused-ring (bicyclic) bond motifs is 1. The average molecular weight is 364 g/mol. The van der Waals surface area contributed by atoms with Crippen LogP contribution in [-0.4, -0.2) is 44.3 Å². The van der Waals surface area contributed by atoms with E-state index < -0.39 is 0 Å². The summed E-state index contributed by atoms with van der Waals surface area (Å²) in [6, 6.07) is 6.09. The molecular formula is C20H24N6O. The third kappa shape index (κ3) is 3.46. The van der Waals surface area contributed by atoms with Gasteiger partial charge in [0.05, 0.1) is 18.5 Å².